The van der Waals surface area contributed by atoms with Crippen LogP contribution in [0.15, 0.2) is 41.6 Å². The zero-order valence-electron chi connectivity index (χ0n) is 22.0. The number of nitrogen functional groups attached to an aromatic ring is 1. The van der Waals surface area contributed by atoms with Crippen LogP contribution < -0.4 is 11.3 Å². The summed E-state index contributed by atoms with van der Waals surface area (Å²) in [4.78, 5) is 26.8. The molecule has 3 rings (SSSR count). The van der Waals surface area contributed by atoms with Gasteiger partial charge in [0.05, 0.1) is 17.4 Å². The molecular weight excluding hydrogens is 585 g/mol. The summed E-state index contributed by atoms with van der Waals surface area (Å²) in [6.07, 6.45) is -5.09. The number of nitrogens with zero attached hydrogens (tertiary/aromatic N) is 3. The summed E-state index contributed by atoms with van der Waals surface area (Å²) >= 11 is 0. The van der Waals surface area contributed by atoms with Gasteiger partial charge in [0.15, 0.2) is 6.29 Å². The molecule has 0 aliphatic rings. The first kappa shape index (κ1) is 33.8. The molecule has 1 unspecified atom stereocenters. The molecule has 0 radical (unpaired) electrons. The maximum Gasteiger partial charge on any atom is 0.423 e. The Hall–Kier alpha value is -4.37. The number of hydrogen-bond acceptors (Lipinski definition) is 6. The van der Waals surface area contributed by atoms with E-state index in [4.69, 9.17) is 5.73 Å². The molecule has 2 heterocycles. The van der Waals surface area contributed by atoms with E-state index in [1.165, 1.54) is 17.2 Å². The molecule has 1 atom stereocenters. The fourth-order valence-electron chi connectivity index (χ4n) is 3.51. The second-order valence-electron chi connectivity index (χ2n) is 8.80. The Morgan fingerprint density at radius 2 is 1.69 bits per heavy atom. The van der Waals surface area contributed by atoms with E-state index in [1.807, 2.05) is 6.92 Å². The summed E-state index contributed by atoms with van der Waals surface area (Å²) in [5.41, 5.74) is -0.702. The van der Waals surface area contributed by atoms with Crippen molar-refractivity contribution in [2.45, 2.75) is 38.3 Å². The van der Waals surface area contributed by atoms with Crippen LogP contribution in [0.3, 0.4) is 0 Å². The summed E-state index contributed by atoms with van der Waals surface area (Å²) in [5.74, 6) is -2.37. The van der Waals surface area contributed by atoms with Crippen molar-refractivity contribution in [2.24, 2.45) is 0 Å². The molecule has 0 bridgehead atoms. The molecule has 0 aliphatic heterocycles. The highest BCUT2D eigenvalue weighted by Gasteiger charge is 2.36. The lowest BCUT2D eigenvalue weighted by Crippen LogP contribution is -2.24. The number of hydrogen-bond donors (Lipinski definition) is 2. The van der Waals surface area contributed by atoms with Crippen LogP contribution in [0.25, 0.3) is 17.3 Å². The van der Waals surface area contributed by atoms with Crippen LogP contribution in [-0.2, 0) is 12.4 Å². The Labute approximate surface area is 232 Å². The highest BCUT2D eigenvalue weighted by Crippen LogP contribution is 2.33. The largest absolute Gasteiger partial charge is 0.423 e. The molecule has 0 fully saturated rings. The lowest BCUT2D eigenvalue weighted by Gasteiger charge is -2.17. The summed E-state index contributed by atoms with van der Waals surface area (Å²) in [6, 6.07) is 2.19. The van der Waals surface area contributed by atoms with Crippen molar-refractivity contribution in [1.29, 1.82) is 0 Å². The van der Waals surface area contributed by atoms with E-state index in [1.54, 1.807) is 12.1 Å². The number of benzene rings is 1. The van der Waals surface area contributed by atoms with Gasteiger partial charge in [0.25, 0.3) is 5.56 Å². The van der Waals surface area contributed by atoms with E-state index in [0.29, 0.717) is 25.3 Å². The minimum absolute atomic E-state index is 0.0569. The molecule has 42 heavy (non-hydrogen) atoms. The van der Waals surface area contributed by atoms with Gasteiger partial charge in [-0.1, -0.05) is 13.3 Å². The van der Waals surface area contributed by atoms with E-state index in [0.717, 1.165) is 18.3 Å². The smallest absolute Gasteiger partial charge is 0.397 e. The predicted molar refractivity (Wildman–Crippen MR) is 136 cm³/mol. The van der Waals surface area contributed by atoms with Crippen molar-refractivity contribution in [3.63, 3.8) is 0 Å². The van der Waals surface area contributed by atoms with Gasteiger partial charge in [-0.05, 0) is 42.5 Å². The zero-order chi connectivity index (χ0) is 31.8. The van der Waals surface area contributed by atoms with Gasteiger partial charge in [-0.2, -0.15) is 31.4 Å². The number of aldehydes is 1. The number of nitrogens with one attached hydrogen (secondary N) is 1. The molecule has 228 valence electrons. The molecule has 3 N–H and O–H groups in total. The number of rotatable bonds is 8. The highest BCUT2D eigenvalue weighted by atomic mass is 19.4. The topological polar surface area (TPSA) is 105 Å². The summed E-state index contributed by atoms with van der Waals surface area (Å²) in [7, 11) is 1.61. The molecule has 1 aromatic carbocycles. The van der Waals surface area contributed by atoms with Gasteiger partial charge in [-0.15, -0.1) is 0 Å². The number of aromatic amines is 1. The SMILES string of the molecule is CCCC(F)CN(C)/C=C\c1cc(-c2ncc(C(F)(F)F)cc2F)c(F)cc1C=O.Nc1cn[nH]c(=O)c1C(F)(F)F. The van der Waals surface area contributed by atoms with Crippen molar-refractivity contribution in [3.8, 4) is 11.3 Å². The van der Waals surface area contributed by atoms with E-state index in [2.05, 4.69) is 10.1 Å². The first-order chi connectivity index (χ1) is 19.5. The number of pyridine rings is 1. The molecule has 0 aliphatic carbocycles. The minimum Gasteiger partial charge on any atom is -0.397 e. The third kappa shape index (κ3) is 9.07. The molecule has 0 amide bonds. The van der Waals surface area contributed by atoms with E-state index < -0.39 is 63.8 Å². The number of alkyl halides is 7. The standard InChI is InChI=1S/C21H20F6N2O.C5H4F3N3O/c1-3-4-16(22)11-29(2)6-5-13-7-17(18(23)8-14(13)12-30)20-19(24)9-15(10-28-20)21(25,26)27;6-5(7,8)3-2(9)1-10-11-4(3)12/h5-10,12,16H,3-4,11H2,1-2H3;1H,(H3,9,11,12)/b6-5-;. The summed E-state index contributed by atoms with van der Waals surface area (Å²) in [5, 5.41) is 4.74. The van der Waals surface area contributed by atoms with Crippen molar-refractivity contribution in [3.05, 3.63) is 81.0 Å². The average molecular weight is 609 g/mol. The van der Waals surface area contributed by atoms with Crippen LogP contribution in [0.1, 0.15) is 46.8 Å². The third-order valence-corrected chi connectivity index (χ3v) is 5.49. The quantitative estimate of drug-likeness (QED) is 0.231. The van der Waals surface area contributed by atoms with Crippen molar-refractivity contribution in [1.82, 2.24) is 20.1 Å². The van der Waals surface area contributed by atoms with Gasteiger partial charge in [0.2, 0.25) is 0 Å². The van der Waals surface area contributed by atoms with Crippen LogP contribution >= 0.6 is 0 Å². The number of anilines is 1. The Kier molecular flexibility index (Phi) is 11.3. The number of nitrogens with two attached hydrogens (primary N) is 1. The van der Waals surface area contributed by atoms with E-state index in [9.17, 15) is 49.1 Å². The Bertz CT molecular complexity index is 1470. The van der Waals surface area contributed by atoms with Gasteiger partial charge >= 0.3 is 12.4 Å². The van der Waals surface area contributed by atoms with Crippen LogP contribution in [-0.4, -0.2) is 46.1 Å². The van der Waals surface area contributed by atoms with Crippen LogP contribution in [0.5, 0.6) is 0 Å². The van der Waals surface area contributed by atoms with Gasteiger partial charge in [0.1, 0.15) is 29.1 Å². The van der Waals surface area contributed by atoms with Gasteiger partial charge < -0.3 is 10.6 Å². The monoisotopic (exact) mass is 609 g/mol. The predicted octanol–water partition coefficient (Wildman–Crippen LogP) is 6.27. The Morgan fingerprint density at radius 1 is 1.02 bits per heavy atom. The van der Waals surface area contributed by atoms with Gasteiger partial charge in [-0.25, -0.2) is 18.3 Å². The van der Waals surface area contributed by atoms with Gasteiger partial charge in [0, 0.05) is 30.9 Å². The number of carbonyl (C=O) groups excluding carboxylic acids is 1. The first-order valence-corrected chi connectivity index (χ1v) is 11.9. The number of H-pyrrole nitrogens is 1. The van der Waals surface area contributed by atoms with Gasteiger partial charge in [-0.3, -0.25) is 14.6 Å². The lowest BCUT2D eigenvalue weighted by atomic mass is 10.0. The van der Waals surface area contributed by atoms with Crippen molar-refractivity contribution >= 4 is 18.0 Å². The number of aromatic nitrogens is 3. The molecular formula is C26H24F9N5O2. The zero-order valence-corrected chi connectivity index (χ0v) is 22.0. The molecule has 16 heteroatoms. The molecule has 7 nitrogen and oxygen atoms in total. The Balaban J connectivity index is 0.000000428. The molecule has 0 spiro atoms. The highest BCUT2D eigenvalue weighted by molar-refractivity contribution is 5.84. The average Bonchev–Trinajstić information content (AvgIpc) is 2.87. The van der Waals surface area contributed by atoms with E-state index in [-0.39, 0.29) is 23.7 Å². The first-order valence-electron chi connectivity index (χ1n) is 11.9. The summed E-state index contributed by atoms with van der Waals surface area (Å²) in [6.45, 7) is 1.96. The Morgan fingerprint density at radius 3 is 2.19 bits per heavy atom. The molecule has 2 aromatic heterocycles. The second kappa shape index (κ2) is 14.0. The summed E-state index contributed by atoms with van der Waals surface area (Å²) < 4.78 is 116. The fraction of sp³-hybridized carbons (Fsp3) is 0.308. The molecule has 0 saturated carbocycles. The third-order valence-electron chi connectivity index (χ3n) is 5.49. The normalized spacial score (nSPS) is 12.5. The van der Waals surface area contributed by atoms with Crippen LogP contribution in [0.2, 0.25) is 0 Å². The van der Waals surface area contributed by atoms with Crippen LogP contribution in [0.4, 0.5) is 45.2 Å². The fourth-order valence-corrected chi connectivity index (χ4v) is 3.51. The molecule has 3 aromatic rings. The van der Waals surface area contributed by atoms with Crippen molar-refractivity contribution in [2.75, 3.05) is 19.3 Å². The number of carbonyl (C=O) groups is 1. The second-order valence-corrected chi connectivity index (χ2v) is 8.80. The lowest BCUT2D eigenvalue weighted by molar-refractivity contribution is -0.138. The molecule has 0 saturated heterocycles. The maximum atomic E-state index is 14.4. The van der Waals surface area contributed by atoms with Crippen molar-refractivity contribution < 1.29 is 44.3 Å². The number of halogens is 9. The van der Waals surface area contributed by atoms with Crippen LogP contribution in [0, 0.1) is 11.6 Å². The minimum atomic E-state index is -4.79. The van der Waals surface area contributed by atoms with E-state index >= 15 is 0 Å². The maximum absolute atomic E-state index is 14.4.